The van der Waals surface area contributed by atoms with E-state index in [9.17, 15) is 4.79 Å². The fraction of sp³-hybridized carbons (Fsp3) is 0.312. The summed E-state index contributed by atoms with van der Waals surface area (Å²) in [6.07, 6.45) is 2.11. The van der Waals surface area contributed by atoms with Crippen LogP contribution in [0.5, 0.6) is 0 Å². The minimum Gasteiger partial charge on any atom is -0.389 e. The number of hydrogen-bond acceptors (Lipinski definition) is 2. The lowest BCUT2D eigenvalue weighted by Crippen LogP contribution is -2.18. The molecule has 1 aromatic heterocycles. The van der Waals surface area contributed by atoms with E-state index in [2.05, 4.69) is 25.4 Å². The summed E-state index contributed by atoms with van der Waals surface area (Å²) in [7, 11) is 0. The number of aromatic amines is 1. The quantitative estimate of drug-likeness (QED) is 0.809. The molecule has 2 aromatic rings. The first-order valence-electron chi connectivity index (χ1n) is 6.36. The normalized spacial score (nSPS) is 11.7. The molecule has 2 rings (SSSR count). The molecular formula is C16H19NO2. The van der Waals surface area contributed by atoms with Crippen LogP contribution in [0.3, 0.4) is 0 Å². The standard InChI is InChI=1S/C16H19NO2/c1-4-16(2,3)15-13(9-11(19)10-18)12-7-5-6-8-14(12)17-15/h4-8,17-18H,1,9-10H2,2-3H3. The topological polar surface area (TPSA) is 53.1 Å². The van der Waals surface area contributed by atoms with Gasteiger partial charge in [0.1, 0.15) is 6.61 Å². The van der Waals surface area contributed by atoms with Crippen LogP contribution < -0.4 is 0 Å². The Kier molecular flexibility index (Phi) is 3.58. The van der Waals surface area contributed by atoms with Gasteiger partial charge in [0.15, 0.2) is 5.78 Å². The van der Waals surface area contributed by atoms with Crippen LogP contribution >= 0.6 is 0 Å². The lowest BCUT2D eigenvalue weighted by molar-refractivity contribution is -0.121. The Morgan fingerprint density at radius 3 is 2.74 bits per heavy atom. The third-order valence-electron chi connectivity index (χ3n) is 3.52. The molecule has 0 unspecified atom stereocenters. The van der Waals surface area contributed by atoms with E-state index in [4.69, 9.17) is 5.11 Å². The van der Waals surface area contributed by atoms with Crippen LogP contribution in [0.25, 0.3) is 10.9 Å². The number of allylic oxidation sites excluding steroid dienone is 1. The average Bonchev–Trinajstić information content (AvgIpc) is 2.78. The van der Waals surface area contributed by atoms with Gasteiger partial charge in [0, 0.05) is 28.4 Å². The van der Waals surface area contributed by atoms with E-state index in [1.54, 1.807) is 0 Å². The van der Waals surface area contributed by atoms with Crippen LogP contribution in [0.4, 0.5) is 0 Å². The van der Waals surface area contributed by atoms with Crippen molar-refractivity contribution in [3.05, 3.63) is 48.2 Å². The molecule has 3 nitrogen and oxygen atoms in total. The Balaban J connectivity index is 2.65. The second kappa shape index (κ2) is 5.02. The Labute approximate surface area is 113 Å². The summed E-state index contributed by atoms with van der Waals surface area (Å²) in [4.78, 5) is 15.0. The van der Waals surface area contributed by atoms with Crippen LogP contribution in [-0.2, 0) is 16.6 Å². The van der Waals surface area contributed by atoms with E-state index in [0.717, 1.165) is 22.2 Å². The van der Waals surface area contributed by atoms with Crippen LogP contribution in [0.2, 0.25) is 0 Å². The molecule has 1 aromatic carbocycles. The van der Waals surface area contributed by atoms with E-state index < -0.39 is 6.61 Å². The summed E-state index contributed by atoms with van der Waals surface area (Å²) < 4.78 is 0. The lowest BCUT2D eigenvalue weighted by atomic mass is 9.85. The molecule has 100 valence electrons. The Bertz CT molecular complexity index is 623. The lowest BCUT2D eigenvalue weighted by Gasteiger charge is -2.20. The number of aliphatic hydroxyl groups excluding tert-OH is 1. The first-order valence-corrected chi connectivity index (χ1v) is 6.36. The number of carbonyl (C=O) groups is 1. The van der Waals surface area contributed by atoms with Crippen molar-refractivity contribution in [1.29, 1.82) is 0 Å². The van der Waals surface area contributed by atoms with Crippen LogP contribution in [0.1, 0.15) is 25.1 Å². The van der Waals surface area contributed by atoms with Gasteiger partial charge in [0.05, 0.1) is 0 Å². The fourth-order valence-electron chi connectivity index (χ4n) is 2.29. The van der Waals surface area contributed by atoms with Gasteiger partial charge in [-0.05, 0) is 11.6 Å². The Hall–Kier alpha value is -1.87. The SMILES string of the molecule is C=CC(C)(C)c1[nH]c2ccccc2c1CC(=O)CO. The maximum atomic E-state index is 11.6. The minimum atomic E-state index is -0.423. The molecule has 0 atom stereocenters. The monoisotopic (exact) mass is 257 g/mol. The van der Waals surface area contributed by atoms with Crippen molar-refractivity contribution in [1.82, 2.24) is 4.98 Å². The number of H-pyrrole nitrogens is 1. The second-order valence-electron chi connectivity index (χ2n) is 5.32. The highest BCUT2D eigenvalue weighted by molar-refractivity contribution is 5.91. The van der Waals surface area contributed by atoms with Gasteiger partial charge in [-0.1, -0.05) is 38.1 Å². The third-order valence-corrected chi connectivity index (χ3v) is 3.52. The molecule has 19 heavy (non-hydrogen) atoms. The number of benzene rings is 1. The summed E-state index contributed by atoms with van der Waals surface area (Å²) in [6.45, 7) is 7.55. The van der Waals surface area contributed by atoms with Crippen molar-refractivity contribution in [2.75, 3.05) is 6.61 Å². The number of ketones is 1. The summed E-state index contributed by atoms with van der Waals surface area (Å²) in [6, 6.07) is 7.90. The zero-order chi connectivity index (χ0) is 14.0. The van der Waals surface area contributed by atoms with E-state index in [0.29, 0.717) is 0 Å². The highest BCUT2D eigenvalue weighted by Gasteiger charge is 2.24. The number of aliphatic hydroxyl groups is 1. The highest BCUT2D eigenvalue weighted by atomic mass is 16.3. The first-order chi connectivity index (χ1) is 8.99. The van der Waals surface area contributed by atoms with Crippen LogP contribution in [-0.4, -0.2) is 22.5 Å². The van der Waals surface area contributed by atoms with Gasteiger partial charge in [-0.25, -0.2) is 0 Å². The molecule has 0 amide bonds. The zero-order valence-corrected chi connectivity index (χ0v) is 11.4. The molecule has 2 N–H and O–H groups in total. The van der Waals surface area contributed by atoms with Gasteiger partial charge in [-0.15, -0.1) is 6.58 Å². The van der Waals surface area contributed by atoms with Gasteiger partial charge < -0.3 is 10.1 Å². The number of carbonyl (C=O) groups excluding carboxylic acids is 1. The fourth-order valence-corrected chi connectivity index (χ4v) is 2.29. The zero-order valence-electron chi connectivity index (χ0n) is 11.4. The molecule has 0 aliphatic carbocycles. The molecular weight excluding hydrogens is 238 g/mol. The van der Waals surface area contributed by atoms with E-state index >= 15 is 0 Å². The molecule has 0 bridgehead atoms. The summed E-state index contributed by atoms with van der Waals surface area (Å²) >= 11 is 0. The Morgan fingerprint density at radius 2 is 2.11 bits per heavy atom. The molecule has 0 saturated carbocycles. The molecule has 0 aliphatic rings. The third kappa shape index (κ3) is 2.47. The van der Waals surface area contributed by atoms with Gasteiger partial charge in [0.2, 0.25) is 0 Å². The number of aromatic nitrogens is 1. The Morgan fingerprint density at radius 1 is 1.42 bits per heavy atom. The number of para-hydroxylation sites is 1. The van der Waals surface area contributed by atoms with Gasteiger partial charge >= 0.3 is 0 Å². The number of Topliss-reactive ketones (excluding diaryl/α,β-unsaturated/α-hetero) is 1. The van der Waals surface area contributed by atoms with Crippen LogP contribution in [0.15, 0.2) is 36.9 Å². The molecule has 1 heterocycles. The van der Waals surface area contributed by atoms with Crippen molar-refractivity contribution < 1.29 is 9.90 Å². The van der Waals surface area contributed by atoms with Crippen molar-refractivity contribution in [2.24, 2.45) is 0 Å². The molecule has 0 radical (unpaired) electrons. The first kappa shape index (κ1) is 13.6. The summed E-state index contributed by atoms with van der Waals surface area (Å²) in [5.41, 5.74) is 2.71. The number of rotatable bonds is 5. The maximum absolute atomic E-state index is 11.6. The van der Waals surface area contributed by atoms with E-state index in [-0.39, 0.29) is 17.6 Å². The molecule has 3 heteroatoms. The molecule has 0 saturated heterocycles. The van der Waals surface area contributed by atoms with Gasteiger partial charge in [-0.3, -0.25) is 4.79 Å². The summed E-state index contributed by atoms with van der Waals surface area (Å²) in [5.74, 6) is -0.175. The van der Waals surface area contributed by atoms with Crippen molar-refractivity contribution in [3.63, 3.8) is 0 Å². The predicted octanol–water partition coefficient (Wildman–Crippen LogP) is 2.74. The number of nitrogens with one attached hydrogen (secondary N) is 1. The van der Waals surface area contributed by atoms with E-state index in [1.807, 2.05) is 30.3 Å². The van der Waals surface area contributed by atoms with Crippen molar-refractivity contribution >= 4 is 16.7 Å². The molecule has 0 spiro atoms. The smallest absolute Gasteiger partial charge is 0.162 e. The van der Waals surface area contributed by atoms with Crippen LogP contribution in [0, 0.1) is 0 Å². The van der Waals surface area contributed by atoms with Gasteiger partial charge in [0.25, 0.3) is 0 Å². The number of fused-ring (bicyclic) bond motifs is 1. The minimum absolute atomic E-state index is 0.175. The second-order valence-corrected chi connectivity index (χ2v) is 5.32. The van der Waals surface area contributed by atoms with Crippen molar-refractivity contribution in [2.45, 2.75) is 25.7 Å². The largest absolute Gasteiger partial charge is 0.389 e. The van der Waals surface area contributed by atoms with Gasteiger partial charge in [-0.2, -0.15) is 0 Å². The average molecular weight is 257 g/mol. The van der Waals surface area contributed by atoms with E-state index in [1.165, 1.54) is 0 Å². The molecule has 0 aliphatic heterocycles. The maximum Gasteiger partial charge on any atom is 0.162 e. The predicted molar refractivity (Wildman–Crippen MR) is 77.3 cm³/mol. The van der Waals surface area contributed by atoms with Crippen molar-refractivity contribution in [3.8, 4) is 0 Å². The summed E-state index contributed by atoms with van der Waals surface area (Å²) in [5, 5.41) is 10.0. The molecule has 0 fully saturated rings. The highest BCUT2D eigenvalue weighted by Crippen LogP contribution is 2.32. The number of hydrogen-bond donors (Lipinski definition) is 2.